The molecule has 4 heterocycles. The molecule has 5 rings (SSSR count). The summed E-state index contributed by atoms with van der Waals surface area (Å²) in [5, 5.41) is 1.93. The Morgan fingerprint density at radius 2 is 1.85 bits per heavy atom. The number of likely N-dealkylation sites (tertiary alicyclic amines) is 2. The summed E-state index contributed by atoms with van der Waals surface area (Å²) in [5.41, 5.74) is 0.415. The number of thiophene rings is 1. The van der Waals surface area contributed by atoms with Crippen molar-refractivity contribution in [3.8, 4) is 0 Å². The molecule has 0 unspecified atom stereocenters. The molecule has 2 aliphatic heterocycles. The Morgan fingerprint density at radius 3 is 2.59 bits per heavy atom. The van der Waals surface area contributed by atoms with Crippen molar-refractivity contribution in [1.82, 2.24) is 14.8 Å². The third-order valence-electron chi connectivity index (χ3n) is 6.93. The Balaban J connectivity index is 1.47. The van der Waals surface area contributed by atoms with E-state index >= 15 is 0 Å². The van der Waals surface area contributed by atoms with E-state index in [0.717, 1.165) is 35.4 Å². The lowest BCUT2D eigenvalue weighted by atomic mass is 9.75. The van der Waals surface area contributed by atoms with Crippen molar-refractivity contribution in [3.05, 3.63) is 88.4 Å². The normalized spacial score (nSPS) is 22.9. The maximum atomic E-state index is 13.9. The van der Waals surface area contributed by atoms with Crippen molar-refractivity contribution < 1.29 is 14.4 Å². The first-order chi connectivity index (χ1) is 16.6. The second-order valence-electron chi connectivity index (χ2n) is 9.02. The SMILES string of the molecule is O=C1C[C@@](CC(=O)N2CCCC[C@H]2c2ccccn2)(c2ccccc2)C(=O)N1Cc1cccs1. The zero-order valence-electron chi connectivity index (χ0n) is 18.9. The predicted octanol–water partition coefficient (Wildman–Crippen LogP) is 4.48. The average Bonchev–Trinajstić information content (AvgIpc) is 3.48. The zero-order chi connectivity index (χ0) is 23.5. The Morgan fingerprint density at radius 1 is 1.03 bits per heavy atom. The highest BCUT2D eigenvalue weighted by atomic mass is 32.1. The van der Waals surface area contributed by atoms with Crippen molar-refractivity contribution >= 4 is 29.1 Å². The molecule has 0 radical (unpaired) electrons. The molecule has 0 N–H and O–H groups in total. The molecule has 0 aliphatic carbocycles. The van der Waals surface area contributed by atoms with Gasteiger partial charge in [-0.15, -0.1) is 11.3 Å². The van der Waals surface area contributed by atoms with Gasteiger partial charge >= 0.3 is 0 Å². The highest BCUT2D eigenvalue weighted by Crippen LogP contribution is 2.42. The molecular formula is C27H27N3O3S. The molecule has 2 atom stereocenters. The summed E-state index contributed by atoms with van der Waals surface area (Å²) in [6.07, 6.45) is 4.53. The summed E-state index contributed by atoms with van der Waals surface area (Å²) in [5.74, 6) is -0.606. The molecule has 6 nitrogen and oxygen atoms in total. The van der Waals surface area contributed by atoms with Crippen LogP contribution in [0.1, 0.15) is 54.3 Å². The molecule has 34 heavy (non-hydrogen) atoms. The van der Waals surface area contributed by atoms with Gasteiger partial charge in [0.15, 0.2) is 0 Å². The van der Waals surface area contributed by atoms with Crippen molar-refractivity contribution in [1.29, 1.82) is 0 Å². The van der Waals surface area contributed by atoms with Gasteiger partial charge in [0.25, 0.3) is 0 Å². The minimum absolute atomic E-state index is 0.00898. The van der Waals surface area contributed by atoms with Gasteiger partial charge in [-0.05, 0) is 48.4 Å². The van der Waals surface area contributed by atoms with E-state index in [0.29, 0.717) is 6.54 Å². The van der Waals surface area contributed by atoms with Crippen LogP contribution in [0, 0.1) is 0 Å². The average molecular weight is 474 g/mol. The lowest BCUT2D eigenvalue weighted by Gasteiger charge is -2.37. The van der Waals surface area contributed by atoms with E-state index in [9.17, 15) is 14.4 Å². The number of amides is 3. The van der Waals surface area contributed by atoms with Crippen LogP contribution in [0.4, 0.5) is 0 Å². The van der Waals surface area contributed by atoms with Crippen LogP contribution < -0.4 is 0 Å². The first kappa shape index (κ1) is 22.5. The Labute approximate surface area is 203 Å². The molecule has 2 aliphatic rings. The summed E-state index contributed by atoms with van der Waals surface area (Å²) in [6, 6.07) is 18.8. The second-order valence-corrected chi connectivity index (χ2v) is 10.1. The van der Waals surface area contributed by atoms with Crippen LogP contribution in [0.5, 0.6) is 0 Å². The van der Waals surface area contributed by atoms with E-state index in [4.69, 9.17) is 0 Å². The lowest BCUT2D eigenvalue weighted by Crippen LogP contribution is -2.45. The highest BCUT2D eigenvalue weighted by Gasteiger charge is 2.54. The van der Waals surface area contributed by atoms with E-state index in [2.05, 4.69) is 4.98 Å². The van der Waals surface area contributed by atoms with Crippen LogP contribution in [-0.2, 0) is 26.3 Å². The van der Waals surface area contributed by atoms with Gasteiger partial charge in [0.05, 0.1) is 23.7 Å². The number of piperidine rings is 1. The largest absolute Gasteiger partial charge is 0.334 e. The number of aromatic nitrogens is 1. The van der Waals surface area contributed by atoms with Gasteiger partial charge in [0.2, 0.25) is 17.7 Å². The molecule has 7 heteroatoms. The molecule has 2 fully saturated rings. The van der Waals surface area contributed by atoms with E-state index in [1.807, 2.05) is 70.9 Å². The van der Waals surface area contributed by atoms with Crippen molar-refractivity contribution in [2.45, 2.75) is 50.1 Å². The minimum Gasteiger partial charge on any atom is -0.334 e. The smallest absolute Gasteiger partial charge is 0.241 e. The molecular weight excluding hydrogens is 446 g/mol. The van der Waals surface area contributed by atoms with Gasteiger partial charge in [0, 0.05) is 30.5 Å². The van der Waals surface area contributed by atoms with Crippen LogP contribution in [0.25, 0.3) is 0 Å². The first-order valence-electron chi connectivity index (χ1n) is 11.7. The van der Waals surface area contributed by atoms with Crippen LogP contribution >= 0.6 is 11.3 Å². The fourth-order valence-corrected chi connectivity index (χ4v) is 5.91. The van der Waals surface area contributed by atoms with E-state index < -0.39 is 5.41 Å². The summed E-state index contributed by atoms with van der Waals surface area (Å²) in [6.45, 7) is 0.879. The second kappa shape index (κ2) is 9.50. The molecule has 0 bridgehead atoms. The topological polar surface area (TPSA) is 70.6 Å². The molecule has 3 amide bonds. The number of carbonyl (C=O) groups excluding carboxylic acids is 3. The number of hydrogen-bond donors (Lipinski definition) is 0. The number of nitrogens with zero attached hydrogens (tertiary/aromatic N) is 3. The summed E-state index contributed by atoms with van der Waals surface area (Å²) in [7, 11) is 0. The minimum atomic E-state index is -1.18. The van der Waals surface area contributed by atoms with Crippen molar-refractivity contribution in [3.63, 3.8) is 0 Å². The molecule has 2 saturated heterocycles. The fraction of sp³-hybridized carbons (Fsp3) is 0.333. The molecule has 0 spiro atoms. The summed E-state index contributed by atoms with van der Waals surface area (Å²) >= 11 is 1.52. The van der Waals surface area contributed by atoms with E-state index in [-0.39, 0.29) is 43.1 Å². The van der Waals surface area contributed by atoms with Gasteiger partial charge in [-0.3, -0.25) is 24.3 Å². The quantitative estimate of drug-likeness (QED) is 0.495. The molecule has 174 valence electrons. The summed E-state index contributed by atoms with van der Waals surface area (Å²) < 4.78 is 0. The van der Waals surface area contributed by atoms with Crippen LogP contribution in [-0.4, -0.2) is 39.1 Å². The Bertz CT molecular complexity index is 1170. The van der Waals surface area contributed by atoms with E-state index in [1.54, 1.807) is 6.20 Å². The lowest BCUT2D eigenvalue weighted by molar-refractivity contribution is -0.144. The number of rotatable bonds is 6. The number of benzene rings is 1. The molecule has 3 aromatic rings. The predicted molar refractivity (Wildman–Crippen MR) is 130 cm³/mol. The van der Waals surface area contributed by atoms with Gasteiger partial charge in [-0.1, -0.05) is 42.5 Å². The van der Waals surface area contributed by atoms with Crippen LogP contribution in [0.15, 0.2) is 72.2 Å². The zero-order valence-corrected chi connectivity index (χ0v) is 19.7. The van der Waals surface area contributed by atoms with Crippen LogP contribution in [0.3, 0.4) is 0 Å². The third-order valence-corrected chi connectivity index (χ3v) is 7.80. The number of hydrogen-bond acceptors (Lipinski definition) is 5. The monoisotopic (exact) mass is 473 g/mol. The maximum absolute atomic E-state index is 13.9. The third kappa shape index (κ3) is 4.16. The number of carbonyl (C=O) groups is 3. The Hall–Kier alpha value is -3.32. The fourth-order valence-electron chi connectivity index (χ4n) is 5.21. The van der Waals surface area contributed by atoms with E-state index in [1.165, 1.54) is 16.2 Å². The Kier molecular flexibility index (Phi) is 6.28. The van der Waals surface area contributed by atoms with Gasteiger partial charge < -0.3 is 4.90 Å². The molecule has 1 aromatic carbocycles. The number of imide groups is 1. The maximum Gasteiger partial charge on any atom is 0.241 e. The number of pyridine rings is 1. The van der Waals surface area contributed by atoms with Crippen molar-refractivity contribution in [2.75, 3.05) is 6.54 Å². The van der Waals surface area contributed by atoms with Gasteiger partial charge in [-0.25, -0.2) is 0 Å². The molecule has 0 saturated carbocycles. The van der Waals surface area contributed by atoms with Gasteiger partial charge in [-0.2, -0.15) is 0 Å². The van der Waals surface area contributed by atoms with Crippen molar-refractivity contribution in [2.24, 2.45) is 0 Å². The standard InChI is InChI=1S/C27H27N3O3S/c31-24(29-15-7-5-13-23(29)22-12-4-6-14-28-22)17-27(20-9-2-1-3-10-20)18-25(32)30(26(27)33)19-21-11-8-16-34-21/h1-4,6,8-12,14,16,23H,5,7,13,15,17-19H2/t23-,27-/m0/s1. The highest BCUT2D eigenvalue weighted by molar-refractivity contribution is 7.09. The van der Waals surface area contributed by atoms with Crippen LogP contribution in [0.2, 0.25) is 0 Å². The molecule has 2 aromatic heterocycles. The summed E-state index contributed by atoms with van der Waals surface area (Å²) in [4.78, 5) is 49.4. The van der Waals surface area contributed by atoms with Gasteiger partial charge in [0.1, 0.15) is 0 Å². The first-order valence-corrected chi connectivity index (χ1v) is 12.6.